The maximum absolute atomic E-state index is 13.1. The molecule has 0 aliphatic heterocycles. The van der Waals surface area contributed by atoms with Gasteiger partial charge in [0.05, 0.1) is 11.4 Å². The van der Waals surface area contributed by atoms with Crippen molar-refractivity contribution in [2.24, 2.45) is 0 Å². The third kappa shape index (κ3) is 1.91. The molecule has 0 heterocycles. The van der Waals surface area contributed by atoms with Crippen molar-refractivity contribution >= 4 is 11.4 Å². The van der Waals surface area contributed by atoms with Gasteiger partial charge in [0.25, 0.3) is 0 Å². The number of anilines is 2. The van der Waals surface area contributed by atoms with E-state index in [-0.39, 0.29) is 11.5 Å². The van der Waals surface area contributed by atoms with Gasteiger partial charge in [0.2, 0.25) is 0 Å². The van der Waals surface area contributed by atoms with Gasteiger partial charge >= 0.3 is 0 Å². The summed E-state index contributed by atoms with van der Waals surface area (Å²) in [7, 11) is 1.90. The van der Waals surface area contributed by atoms with Crippen LogP contribution in [0.25, 0.3) is 0 Å². The van der Waals surface area contributed by atoms with Crippen LogP contribution in [0, 0.1) is 5.82 Å². The van der Waals surface area contributed by atoms with Crippen LogP contribution in [0.2, 0.25) is 0 Å². The molecule has 0 saturated carbocycles. The number of para-hydroxylation sites is 1. The van der Waals surface area contributed by atoms with E-state index in [1.54, 1.807) is 6.07 Å². The Morgan fingerprint density at radius 3 is 2.54 bits per heavy atom. The van der Waals surface area contributed by atoms with E-state index >= 15 is 0 Å². The molecule has 72 valence electrons. The van der Waals surface area contributed by atoms with E-state index in [0.29, 0.717) is 6.04 Å². The molecule has 0 atom stereocenters. The van der Waals surface area contributed by atoms with Crippen LogP contribution in [0.3, 0.4) is 0 Å². The molecule has 0 saturated heterocycles. The van der Waals surface area contributed by atoms with Gasteiger partial charge in [0.15, 0.2) is 0 Å². The molecule has 1 rings (SSSR count). The van der Waals surface area contributed by atoms with E-state index in [1.165, 1.54) is 6.07 Å². The lowest BCUT2D eigenvalue weighted by atomic mass is 10.2. The summed E-state index contributed by atoms with van der Waals surface area (Å²) in [4.78, 5) is 1.94. The molecule has 2 nitrogen and oxygen atoms in total. The molecular formula is C10H15FN2. The van der Waals surface area contributed by atoms with E-state index in [2.05, 4.69) is 0 Å². The van der Waals surface area contributed by atoms with Gasteiger partial charge in [-0.2, -0.15) is 0 Å². The van der Waals surface area contributed by atoms with Crippen LogP contribution in [0.4, 0.5) is 15.8 Å². The van der Waals surface area contributed by atoms with Gasteiger partial charge in [0.1, 0.15) is 5.82 Å². The summed E-state index contributed by atoms with van der Waals surface area (Å²) in [5, 5.41) is 0. The Bertz CT molecular complexity index is 297. The van der Waals surface area contributed by atoms with Crippen molar-refractivity contribution in [3.63, 3.8) is 0 Å². The molecule has 0 spiro atoms. The highest BCUT2D eigenvalue weighted by molar-refractivity contribution is 5.67. The zero-order valence-electron chi connectivity index (χ0n) is 8.21. The second kappa shape index (κ2) is 3.64. The lowest BCUT2D eigenvalue weighted by molar-refractivity contribution is 0.631. The smallest absolute Gasteiger partial charge is 0.148 e. The van der Waals surface area contributed by atoms with Crippen molar-refractivity contribution in [3.05, 3.63) is 24.0 Å². The van der Waals surface area contributed by atoms with Gasteiger partial charge < -0.3 is 10.6 Å². The molecule has 0 unspecified atom stereocenters. The van der Waals surface area contributed by atoms with Crippen LogP contribution in [0.5, 0.6) is 0 Å². The van der Waals surface area contributed by atoms with Gasteiger partial charge in [-0.25, -0.2) is 4.39 Å². The molecule has 0 radical (unpaired) electrons. The fourth-order valence-electron chi connectivity index (χ4n) is 1.11. The van der Waals surface area contributed by atoms with Gasteiger partial charge in [0, 0.05) is 13.1 Å². The van der Waals surface area contributed by atoms with Crippen molar-refractivity contribution in [2.75, 3.05) is 17.7 Å². The molecular weight excluding hydrogens is 167 g/mol. The molecule has 0 aromatic heterocycles. The quantitative estimate of drug-likeness (QED) is 0.711. The average Bonchev–Trinajstić information content (AvgIpc) is 2.08. The molecule has 0 amide bonds. The Kier molecular flexibility index (Phi) is 2.76. The minimum atomic E-state index is -0.356. The lowest BCUT2D eigenvalue weighted by Crippen LogP contribution is -2.26. The van der Waals surface area contributed by atoms with E-state index in [4.69, 9.17) is 5.73 Å². The third-order valence-corrected chi connectivity index (χ3v) is 2.18. The SMILES string of the molecule is CC(C)N(C)c1cccc(F)c1N. The molecule has 0 bridgehead atoms. The van der Waals surface area contributed by atoms with Crippen LogP contribution in [-0.2, 0) is 0 Å². The van der Waals surface area contributed by atoms with E-state index in [1.807, 2.05) is 31.9 Å². The molecule has 2 N–H and O–H groups in total. The Labute approximate surface area is 78.2 Å². The monoisotopic (exact) mass is 182 g/mol. The number of nitrogen functional groups attached to an aromatic ring is 1. The van der Waals surface area contributed by atoms with Crippen molar-refractivity contribution in [1.29, 1.82) is 0 Å². The predicted molar refractivity (Wildman–Crippen MR) is 54.4 cm³/mol. The normalized spacial score (nSPS) is 10.5. The first-order chi connectivity index (χ1) is 6.04. The summed E-state index contributed by atoms with van der Waals surface area (Å²) >= 11 is 0. The van der Waals surface area contributed by atoms with Crippen LogP contribution >= 0.6 is 0 Å². The second-order valence-electron chi connectivity index (χ2n) is 3.38. The fraction of sp³-hybridized carbons (Fsp3) is 0.400. The Hall–Kier alpha value is -1.25. The predicted octanol–water partition coefficient (Wildman–Crippen LogP) is 2.25. The van der Waals surface area contributed by atoms with E-state index < -0.39 is 0 Å². The van der Waals surface area contributed by atoms with Gasteiger partial charge in [-0.05, 0) is 26.0 Å². The number of halogens is 1. The highest BCUT2D eigenvalue weighted by Gasteiger charge is 2.10. The summed E-state index contributed by atoms with van der Waals surface area (Å²) in [6.45, 7) is 4.06. The average molecular weight is 182 g/mol. The summed E-state index contributed by atoms with van der Waals surface area (Å²) in [6.07, 6.45) is 0. The molecule has 0 fully saturated rings. The molecule has 3 heteroatoms. The summed E-state index contributed by atoms with van der Waals surface area (Å²) in [5.41, 5.74) is 6.57. The minimum Gasteiger partial charge on any atom is -0.395 e. The van der Waals surface area contributed by atoms with Gasteiger partial charge in [-0.1, -0.05) is 6.07 Å². The summed E-state index contributed by atoms with van der Waals surface area (Å²) in [5.74, 6) is -0.356. The van der Waals surface area contributed by atoms with E-state index in [0.717, 1.165) is 5.69 Å². The Morgan fingerprint density at radius 2 is 2.00 bits per heavy atom. The van der Waals surface area contributed by atoms with Crippen molar-refractivity contribution in [3.8, 4) is 0 Å². The third-order valence-electron chi connectivity index (χ3n) is 2.18. The number of hydrogen-bond donors (Lipinski definition) is 1. The minimum absolute atomic E-state index is 0.221. The van der Waals surface area contributed by atoms with Crippen LogP contribution in [-0.4, -0.2) is 13.1 Å². The second-order valence-corrected chi connectivity index (χ2v) is 3.38. The first-order valence-electron chi connectivity index (χ1n) is 4.31. The molecule has 1 aromatic carbocycles. The van der Waals surface area contributed by atoms with Gasteiger partial charge in [-0.3, -0.25) is 0 Å². The summed E-state index contributed by atoms with van der Waals surface area (Å²) in [6, 6.07) is 5.16. The summed E-state index contributed by atoms with van der Waals surface area (Å²) < 4.78 is 13.1. The number of nitrogens with zero attached hydrogens (tertiary/aromatic N) is 1. The first-order valence-corrected chi connectivity index (χ1v) is 4.31. The zero-order valence-corrected chi connectivity index (χ0v) is 8.21. The fourth-order valence-corrected chi connectivity index (χ4v) is 1.11. The van der Waals surface area contributed by atoms with Crippen LogP contribution < -0.4 is 10.6 Å². The lowest BCUT2D eigenvalue weighted by Gasteiger charge is -2.25. The standard InChI is InChI=1S/C10H15FN2/c1-7(2)13(3)9-6-4-5-8(11)10(9)12/h4-7H,12H2,1-3H3. The molecule has 0 aliphatic rings. The molecule has 13 heavy (non-hydrogen) atoms. The Morgan fingerprint density at radius 1 is 1.38 bits per heavy atom. The maximum Gasteiger partial charge on any atom is 0.148 e. The van der Waals surface area contributed by atoms with Crippen molar-refractivity contribution < 1.29 is 4.39 Å². The number of benzene rings is 1. The topological polar surface area (TPSA) is 29.3 Å². The number of hydrogen-bond acceptors (Lipinski definition) is 2. The maximum atomic E-state index is 13.1. The zero-order chi connectivity index (χ0) is 10.0. The highest BCUT2D eigenvalue weighted by Crippen LogP contribution is 2.25. The Balaban J connectivity index is 3.07. The van der Waals surface area contributed by atoms with Crippen LogP contribution in [0.15, 0.2) is 18.2 Å². The first kappa shape index (κ1) is 9.84. The van der Waals surface area contributed by atoms with E-state index in [9.17, 15) is 4.39 Å². The number of nitrogens with two attached hydrogens (primary N) is 1. The van der Waals surface area contributed by atoms with Crippen molar-refractivity contribution in [1.82, 2.24) is 0 Å². The van der Waals surface area contributed by atoms with Gasteiger partial charge in [-0.15, -0.1) is 0 Å². The highest BCUT2D eigenvalue weighted by atomic mass is 19.1. The van der Waals surface area contributed by atoms with Crippen molar-refractivity contribution in [2.45, 2.75) is 19.9 Å². The largest absolute Gasteiger partial charge is 0.395 e. The molecule has 1 aromatic rings. The number of rotatable bonds is 2. The van der Waals surface area contributed by atoms with Crippen LogP contribution in [0.1, 0.15) is 13.8 Å². The molecule has 0 aliphatic carbocycles.